The summed E-state index contributed by atoms with van der Waals surface area (Å²) in [5.41, 5.74) is 5.83. The Bertz CT molecular complexity index is 1840. The quantitative estimate of drug-likeness (QED) is 0.244. The number of carbonyl (C=O) groups is 1. The standard InChI is InChI=1S/C37H43FN6O3/c1-24-7-8-30(18-40-24)41-13-4-6-31(23-41)43(19-26-11-12-39-25(2)15-26)21-28-22-44(29-9-10-29)34-17-35(33(38)16-32(34)36(28)45)42-14-3-5-27(20-42)37(46)47/h7-8,11-12,15-18,22,27,29,31H,3-6,9-10,13-14,19-21,23H2,1-2H3,(H,46,47)/t27?,31-/m0/s1. The molecule has 5 heterocycles. The van der Waals surface area contributed by atoms with Crippen LogP contribution in [0.3, 0.4) is 0 Å². The average Bonchev–Trinajstić information content (AvgIpc) is 3.92. The van der Waals surface area contributed by atoms with E-state index >= 15 is 4.39 Å². The fourth-order valence-corrected chi connectivity index (χ4v) is 7.43. The Morgan fingerprint density at radius 3 is 2.51 bits per heavy atom. The number of aromatic nitrogens is 3. The van der Waals surface area contributed by atoms with E-state index in [0.29, 0.717) is 49.1 Å². The van der Waals surface area contributed by atoms with Crippen molar-refractivity contribution in [3.8, 4) is 0 Å². The molecule has 0 spiro atoms. The van der Waals surface area contributed by atoms with E-state index in [1.807, 2.05) is 49.5 Å². The molecule has 0 bridgehead atoms. The van der Waals surface area contributed by atoms with Crippen molar-refractivity contribution in [3.63, 3.8) is 0 Å². The van der Waals surface area contributed by atoms with Gasteiger partial charge in [-0.3, -0.25) is 24.5 Å². The van der Waals surface area contributed by atoms with Crippen molar-refractivity contribution in [2.24, 2.45) is 5.92 Å². The first kappa shape index (κ1) is 31.3. The van der Waals surface area contributed by atoms with E-state index in [-0.39, 0.29) is 24.1 Å². The third-order valence-electron chi connectivity index (χ3n) is 10.1. The zero-order valence-corrected chi connectivity index (χ0v) is 27.2. The van der Waals surface area contributed by atoms with Crippen molar-refractivity contribution < 1.29 is 14.3 Å². The second kappa shape index (κ2) is 13.1. The molecule has 1 aliphatic carbocycles. The molecule has 246 valence electrons. The summed E-state index contributed by atoms with van der Waals surface area (Å²) in [5.74, 6) is -1.85. The molecule has 10 heteroatoms. The van der Waals surface area contributed by atoms with Gasteiger partial charge in [0.1, 0.15) is 5.82 Å². The maximum absolute atomic E-state index is 15.8. The van der Waals surface area contributed by atoms with Crippen LogP contribution in [-0.4, -0.2) is 62.7 Å². The summed E-state index contributed by atoms with van der Waals surface area (Å²) in [7, 11) is 0. The van der Waals surface area contributed by atoms with Crippen LogP contribution in [0.15, 0.2) is 59.8 Å². The lowest BCUT2D eigenvalue weighted by atomic mass is 9.97. The van der Waals surface area contributed by atoms with E-state index in [1.165, 1.54) is 6.07 Å². The zero-order chi connectivity index (χ0) is 32.7. The van der Waals surface area contributed by atoms with Crippen LogP contribution in [0.2, 0.25) is 0 Å². The SMILES string of the molecule is Cc1ccc(N2CCC[C@H](N(Cc3ccnc(C)c3)Cc3cn(C4CC4)c4cc(N5CCCC(C(=O)O)C5)c(F)cc4c3=O)C2)cn1. The molecule has 9 nitrogen and oxygen atoms in total. The van der Waals surface area contributed by atoms with Gasteiger partial charge in [-0.25, -0.2) is 4.39 Å². The number of hydrogen-bond donors (Lipinski definition) is 1. The molecule has 47 heavy (non-hydrogen) atoms. The number of benzene rings is 1. The molecule has 1 aromatic carbocycles. The fourth-order valence-electron chi connectivity index (χ4n) is 7.43. The summed E-state index contributed by atoms with van der Waals surface area (Å²) in [5, 5.41) is 10.0. The second-order valence-corrected chi connectivity index (χ2v) is 13.7. The highest BCUT2D eigenvalue weighted by molar-refractivity contribution is 5.84. The van der Waals surface area contributed by atoms with E-state index in [1.54, 1.807) is 6.07 Å². The van der Waals surface area contributed by atoms with E-state index in [0.717, 1.165) is 66.9 Å². The minimum absolute atomic E-state index is 0.143. The van der Waals surface area contributed by atoms with Gasteiger partial charge in [0.05, 0.1) is 29.0 Å². The van der Waals surface area contributed by atoms with Crippen LogP contribution in [0.1, 0.15) is 67.1 Å². The summed E-state index contributed by atoms with van der Waals surface area (Å²) in [4.78, 5) is 41.5. The van der Waals surface area contributed by atoms with Crippen LogP contribution in [0.25, 0.3) is 10.9 Å². The van der Waals surface area contributed by atoms with Gasteiger partial charge < -0.3 is 19.5 Å². The van der Waals surface area contributed by atoms with Crippen LogP contribution >= 0.6 is 0 Å². The Balaban J connectivity index is 1.24. The molecule has 1 saturated carbocycles. The Kier molecular flexibility index (Phi) is 8.70. The molecule has 7 rings (SSSR count). The summed E-state index contributed by atoms with van der Waals surface area (Å²) in [6.45, 7) is 7.75. The largest absolute Gasteiger partial charge is 0.481 e. The van der Waals surface area contributed by atoms with Crippen molar-refractivity contribution in [1.82, 2.24) is 19.4 Å². The number of carboxylic acids is 1. The lowest BCUT2D eigenvalue weighted by Crippen LogP contribution is -2.48. The molecule has 4 aromatic rings. The van der Waals surface area contributed by atoms with Crippen molar-refractivity contribution in [2.45, 2.75) is 77.5 Å². The first-order chi connectivity index (χ1) is 22.7. The smallest absolute Gasteiger partial charge is 0.308 e. The van der Waals surface area contributed by atoms with Gasteiger partial charge in [-0.15, -0.1) is 0 Å². The average molecular weight is 639 g/mol. The Morgan fingerprint density at radius 1 is 0.957 bits per heavy atom. The fraction of sp³-hybridized carbons (Fsp3) is 0.459. The summed E-state index contributed by atoms with van der Waals surface area (Å²) < 4.78 is 18.0. The highest BCUT2D eigenvalue weighted by Crippen LogP contribution is 2.39. The van der Waals surface area contributed by atoms with Gasteiger partial charge in [0.2, 0.25) is 0 Å². The number of piperidine rings is 2. The molecule has 3 aliphatic rings. The summed E-state index contributed by atoms with van der Waals surface area (Å²) in [6.07, 6.45) is 11.1. The van der Waals surface area contributed by atoms with Crippen LogP contribution < -0.4 is 15.2 Å². The van der Waals surface area contributed by atoms with Gasteiger partial charge >= 0.3 is 5.97 Å². The number of hydrogen-bond acceptors (Lipinski definition) is 7. The van der Waals surface area contributed by atoms with Crippen LogP contribution in [0.5, 0.6) is 0 Å². The highest BCUT2D eigenvalue weighted by Gasteiger charge is 2.31. The molecule has 2 atom stereocenters. The number of aryl methyl sites for hydroxylation is 2. The molecule has 1 N–H and O–H groups in total. The van der Waals surface area contributed by atoms with Gasteiger partial charge in [-0.1, -0.05) is 0 Å². The van der Waals surface area contributed by atoms with E-state index in [9.17, 15) is 14.7 Å². The van der Waals surface area contributed by atoms with Crippen LogP contribution in [0, 0.1) is 25.6 Å². The Morgan fingerprint density at radius 2 is 1.77 bits per heavy atom. The Hall–Kier alpha value is -4.31. The molecule has 1 unspecified atom stereocenters. The number of carboxylic acid groups (broad SMARTS) is 1. The molecule has 2 aliphatic heterocycles. The van der Waals surface area contributed by atoms with Crippen molar-refractivity contribution >= 4 is 28.2 Å². The lowest BCUT2D eigenvalue weighted by molar-refractivity contribution is -0.141. The molecular formula is C37H43FN6O3. The molecule has 3 aromatic heterocycles. The summed E-state index contributed by atoms with van der Waals surface area (Å²) >= 11 is 0. The van der Waals surface area contributed by atoms with Crippen LogP contribution in [-0.2, 0) is 17.9 Å². The van der Waals surface area contributed by atoms with Gasteiger partial charge in [0.15, 0.2) is 5.43 Å². The summed E-state index contributed by atoms with van der Waals surface area (Å²) in [6, 6.07) is 12.0. The number of anilines is 2. The predicted molar refractivity (Wildman–Crippen MR) is 181 cm³/mol. The van der Waals surface area contributed by atoms with Crippen molar-refractivity contribution in [3.05, 3.63) is 93.5 Å². The zero-order valence-electron chi connectivity index (χ0n) is 27.2. The number of halogens is 1. The maximum atomic E-state index is 15.8. The number of fused-ring (bicyclic) bond motifs is 1. The Labute approximate surface area is 274 Å². The van der Waals surface area contributed by atoms with Gasteiger partial charge in [0, 0.05) is 86.1 Å². The third-order valence-corrected chi connectivity index (χ3v) is 10.1. The first-order valence-electron chi connectivity index (χ1n) is 16.9. The molecular weight excluding hydrogens is 595 g/mol. The predicted octanol–water partition coefficient (Wildman–Crippen LogP) is 5.85. The highest BCUT2D eigenvalue weighted by atomic mass is 19.1. The monoisotopic (exact) mass is 638 g/mol. The molecule has 0 radical (unpaired) electrons. The van der Waals surface area contributed by atoms with Crippen molar-refractivity contribution in [1.29, 1.82) is 0 Å². The van der Waals surface area contributed by atoms with Gasteiger partial charge in [0.25, 0.3) is 0 Å². The van der Waals surface area contributed by atoms with E-state index < -0.39 is 17.7 Å². The van der Waals surface area contributed by atoms with Crippen LogP contribution in [0.4, 0.5) is 15.8 Å². The number of aliphatic carboxylic acids is 1. The second-order valence-electron chi connectivity index (χ2n) is 13.7. The van der Waals surface area contributed by atoms with E-state index in [4.69, 9.17) is 0 Å². The molecule has 2 saturated heterocycles. The van der Waals surface area contributed by atoms with Gasteiger partial charge in [-0.05, 0) is 94.3 Å². The first-order valence-corrected chi connectivity index (χ1v) is 16.9. The minimum Gasteiger partial charge on any atom is -0.481 e. The number of rotatable bonds is 9. The van der Waals surface area contributed by atoms with Crippen molar-refractivity contribution in [2.75, 3.05) is 36.0 Å². The van der Waals surface area contributed by atoms with E-state index in [2.05, 4.69) is 36.5 Å². The lowest BCUT2D eigenvalue weighted by Gasteiger charge is -2.40. The molecule has 3 fully saturated rings. The molecule has 0 amide bonds. The normalized spacial score (nSPS) is 20.3. The number of nitrogens with zero attached hydrogens (tertiary/aromatic N) is 6. The van der Waals surface area contributed by atoms with Gasteiger partial charge in [-0.2, -0.15) is 0 Å². The third kappa shape index (κ3) is 6.74. The topological polar surface area (TPSA) is 94.8 Å². The number of pyridine rings is 3. The minimum atomic E-state index is -0.849. The maximum Gasteiger partial charge on any atom is 0.308 e.